The van der Waals surface area contributed by atoms with E-state index in [1.54, 1.807) is 11.3 Å². The van der Waals surface area contributed by atoms with Gasteiger partial charge in [0.1, 0.15) is 0 Å². The van der Waals surface area contributed by atoms with Gasteiger partial charge in [-0.1, -0.05) is 176 Å². The van der Waals surface area contributed by atoms with Gasteiger partial charge >= 0.3 is 0 Å². The van der Waals surface area contributed by atoms with Crippen molar-refractivity contribution in [3.05, 3.63) is 229 Å². The first-order chi connectivity index (χ1) is 31.3. The van der Waals surface area contributed by atoms with Gasteiger partial charge in [0.05, 0.1) is 16.4 Å². The molecule has 2 aliphatic carbocycles. The van der Waals surface area contributed by atoms with Gasteiger partial charge in [0.25, 0.3) is 0 Å². The quantitative estimate of drug-likeness (QED) is 0.178. The maximum atomic E-state index is 5.14. The molecule has 1 spiro atoms. The van der Waals surface area contributed by atoms with Crippen molar-refractivity contribution in [2.75, 3.05) is 0 Å². The molecular formula is C58H34N4S. The molecule has 292 valence electrons. The molecule has 0 N–H and O–H groups in total. The van der Waals surface area contributed by atoms with Crippen LogP contribution < -0.4 is 0 Å². The van der Waals surface area contributed by atoms with Gasteiger partial charge in [0.15, 0.2) is 17.5 Å². The lowest BCUT2D eigenvalue weighted by Gasteiger charge is -2.30. The van der Waals surface area contributed by atoms with Gasteiger partial charge in [0, 0.05) is 58.9 Å². The SMILES string of the molecule is c1ccc(-c2nc(-c3ccccc3)nc(-c3cccc4c3sc3ccc(-n5c6ccccc6c6ccc7c(c65)-c5ccccc5C75c6ccccc6-c6ccccc65)cc34)n2)cc1. The summed E-state index contributed by atoms with van der Waals surface area (Å²) >= 11 is 1.80. The van der Waals surface area contributed by atoms with Crippen LogP contribution in [0, 0.1) is 0 Å². The van der Waals surface area contributed by atoms with E-state index in [4.69, 9.17) is 15.0 Å². The highest BCUT2D eigenvalue weighted by molar-refractivity contribution is 7.26. The summed E-state index contributed by atoms with van der Waals surface area (Å²) < 4.78 is 4.91. The van der Waals surface area contributed by atoms with E-state index in [0.29, 0.717) is 17.5 Å². The van der Waals surface area contributed by atoms with E-state index in [9.17, 15) is 0 Å². The predicted octanol–water partition coefficient (Wildman–Crippen LogP) is 14.7. The second-order valence-electron chi connectivity index (χ2n) is 16.6. The minimum atomic E-state index is -0.422. The first-order valence-electron chi connectivity index (χ1n) is 21.4. The van der Waals surface area contributed by atoms with E-state index < -0.39 is 5.41 Å². The molecule has 63 heavy (non-hydrogen) atoms. The van der Waals surface area contributed by atoms with Crippen molar-refractivity contribution in [3.8, 4) is 62.1 Å². The molecule has 14 rings (SSSR count). The van der Waals surface area contributed by atoms with Crippen molar-refractivity contribution in [1.29, 1.82) is 0 Å². The average Bonchev–Trinajstić information content (AvgIpc) is 4.08. The molecule has 0 saturated carbocycles. The number of thiophene rings is 1. The molecule has 0 aliphatic heterocycles. The van der Waals surface area contributed by atoms with E-state index >= 15 is 0 Å². The van der Waals surface area contributed by atoms with Crippen molar-refractivity contribution in [3.63, 3.8) is 0 Å². The molecule has 0 unspecified atom stereocenters. The van der Waals surface area contributed by atoms with Crippen LogP contribution in [0.3, 0.4) is 0 Å². The number of nitrogens with zero attached hydrogens (tertiary/aromatic N) is 4. The molecule has 5 heteroatoms. The molecule has 0 radical (unpaired) electrons. The van der Waals surface area contributed by atoms with Crippen LogP contribution in [0.25, 0.3) is 104 Å². The first kappa shape index (κ1) is 34.7. The lowest BCUT2D eigenvalue weighted by atomic mass is 9.70. The maximum absolute atomic E-state index is 5.14. The van der Waals surface area contributed by atoms with Crippen LogP contribution in [0.5, 0.6) is 0 Å². The largest absolute Gasteiger partial charge is 0.309 e. The van der Waals surface area contributed by atoms with Crippen molar-refractivity contribution in [2.24, 2.45) is 0 Å². The fourth-order valence-corrected chi connectivity index (χ4v) is 12.1. The summed E-state index contributed by atoms with van der Waals surface area (Å²) in [7, 11) is 0. The highest BCUT2D eigenvalue weighted by Gasteiger charge is 2.52. The van der Waals surface area contributed by atoms with Crippen molar-refractivity contribution in [1.82, 2.24) is 19.5 Å². The van der Waals surface area contributed by atoms with E-state index in [1.165, 1.54) is 81.8 Å². The van der Waals surface area contributed by atoms with Gasteiger partial charge in [-0.05, 0) is 69.3 Å². The van der Waals surface area contributed by atoms with Crippen LogP contribution >= 0.6 is 11.3 Å². The van der Waals surface area contributed by atoms with E-state index in [2.05, 4.69) is 174 Å². The summed E-state index contributed by atoms with van der Waals surface area (Å²) in [4.78, 5) is 15.2. The number of benzene rings is 9. The van der Waals surface area contributed by atoms with Crippen LogP contribution in [-0.2, 0) is 5.41 Å². The molecule has 12 aromatic rings. The minimum Gasteiger partial charge on any atom is -0.309 e. The van der Waals surface area contributed by atoms with Crippen molar-refractivity contribution >= 4 is 53.3 Å². The Bertz CT molecular complexity index is 3760. The lowest BCUT2D eigenvalue weighted by molar-refractivity contribution is 0.794. The Balaban J connectivity index is 1.02. The van der Waals surface area contributed by atoms with Gasteiger partial charge < -0.3 is 4.57 Å². The normalized spacial score (nSPS) is 13.2. The third-order valence-corrected chi connectivity index (χ3v) is 14.7. The van der Waals surface area contributed by atoms with Gasteiger partial charge in [0.2, 0.25) is 0 Å². The fourth-order valence-electron chi connectivity index (χ4n) is 10.9. The zero-order valence-electron chi connectivity index (χ0n) is 33.8. The summed E-state index contributed by atoms with van der Waals surface area (Å²) in [6.07, 6.45) is 0. The van der Waals surface area contributed by atoms with Gasteiger partial charge in [-0.15, -0.1) is 11.3 Å². The number of hydrogen-bond donors (Lipinski definition) is 0. The molecule has 0 bridgehead atoms. The van der Waals surface area contributed by atoms with Crippen LogP contribution in [0.2, 0.25) is 0 Å². The molecule has 3 aromatic heterocycles. The molecule has 0 fully saturated rings. The van der Waals surface area contributed by atoms with Crippen LogP contribution in [0.15, 0.2) is 206 Å². The zero-order valence-corrected chi connectivity index (χ0v) is 34.6. The van der Waals surface area contributed by atoms with Crippen molar-refractivity contribution in [2.45, 2.75) is 5.41 Å². The number of hydrogen-bond acceptors (Lipinski definition) is 4. The van der Waals surface area contributed by atoms with E-state index in [0.717, 1.165) is 27.1 Å². The summed E-state index contributed by atoms with van der Waals surface area (Å²) in [5, 5.41) is 4.90. The number of rotatable bonds is 4. The van der Waals surface area contributed by atoms with Gasteiger partial charge in [-0.3, -0.25) is 0 Å². The maximum Gasteiger partial charge on any atom is 0.165 e. The fraction of sp³-hybridized carbons (Fsp3) is 0.0172. The van der Waals surface area contributed by atoms with Crippen LogP contribution in [-0.4, -0.2) is 19.5 Å². The average molecular weight is 819 g/mol. The van der Waals surface area contributed by atoms with Crippen LogP contribution in [0.1, 0.15) is 22.3 Å². The Hall–Kier alpha value is -7.99. The Morgan fingerprint density at radius 3 is 1.63 bits per heavy atom. The minimum absolute atomic E-state index is 0.422. The monoisotopic (exact) mass is 818 g/mol. The Kier molecular flexibility index (Phi) is 7.16. The number of aromatic nitrogens is 4. The first-order valence-corrected chi connectivity index (χ1v) is 22.3. The topological polar surface area (TPSA) is 43.6 Å². The molecule has 0 saturated heterocycles. The van der Waals surface area contributed by atoms with Gasteiger partial charge in [-0.25, -0.2) is 15.0 Å². The third kappa shape index (κ3) is 4.72. The number of para-hydroxylation sites is 1. The molecule has 2 aliphatic rings. The summed E-state index contributed by atoms with van der Waals surface area (Å²) in [6.45, 7) is 0. The summed E-state index contributed by atoms with van der Waals surface area (Å²) in [6, 6.07) is 74.9. The Morgan fingerprint density at radius 2 is 0.937 bits per heavy atom. The molecule has 9 aromatic carbocycles. The second kappa shape index (κ2) is 13.0. The molecule has 0 amide bonds. The van der Waals surface area contributed by atoms with Crippen LogP contribution in [0.4, 0.5) is 0 Å². The molecule has 3 heterocycles. The summed E-state index contributed by atoms with van der Waals surface area (Å²) in [5.41, 5.74) is 16.7. The standard InChI is InChI=1S/C58H34N4S/c1-3-16-35(17-4-1)55-59-56(36-18-5-2-6-19-36)61-57(60-55)44-25-15-24-42-45-34-37(30-33-51(45)63-54(42)44)62-50-29-14-10-22-40(50)41-31-32-49-52(53(41)62)43-23-9-13-28-48(43)58(49)46-26-11-7-20-38(46)39-21-8-12-27-47(39)58/h1-34H. The smallest absolute Gasteiger partial charge is 0.165 e. The zero-order chi connectivity index (χ0) is 41.2. The number of fused-ring (bicyclic) bond motifs is 17. The highest BCUT2D eigenvalue weighted by Crippen LogP contribution is 2.64. The van der Waals surface area contributed by atoms with E-state index in [1.807, 2.05) is 36.4 Å². The predicted molar refractivity (Wildman–Crippen MR) is 260 cm³/mol. The van der Waals surface area contributed by atoms with Crippen molar-refractivity contribution < 1.29 is 0 Å². The second-order valence-corrected chi connectivity index (χ2v) is 17.7. The third-order valence-electron chi connectivity index (χ3n) is 13.5. The highest BCUT2D eigenvalue weighted by atomic mass is 32.1. The van der Waals surface area contributed by atoms with E-state index in [-0.39, 0.29) is 0 Å². The molecule has 0 atom stereocenters. The Labute approximate surface area is 367 Å². The summed E-state index contributed by atoms with van der Waals surface area (Å²) in [5.74, 6) is 1.99. The molecule has 4 nitrogen and oxygen atoms in total. The Morgan fingerprint density at radius 1 is 0.381 bits per heavy atom. The molecular weight excluding hydrogens is 785 g/mol. The van der Waals surface area contributed by atoms with Gasteiger partial charge in [-0.2, -0.15) is 0 Å². The lowest BCUT2D eigenvalue weighted by Crippen LogP contribution is -2.25.